The van der Waals surface area contributed by atoms with Gasteiger partial charge in [-0.15, -0.1) is 0 Å². The Morgan fingerprint density at radius 2 is 2.43 bits per heavy atom. The van der Waals surface area contributed by atoms with Crippen LogP contribution < -0.4 is 11.1 Å². The molecule has 0 saturated heterocycles. The summed E-state index contributed by atoms with van der Waals surface area (Å²) in [7, 11) is 3.86. The standard InChI is InChI=1S/C8H14N4O2/c1-12(2)4-3-10-7(13)6-5-14-8(9)11-6/h5H,3-4H2,1-2H3,(H2,9,11)(H,10,13). The molecule has 0 spiro atoms. The molecule has 0 aliphatic heterocycles. The van der Waals surface area contributed by atoms with E-state index in [0.29, 0.717) is 6.54 Å². The molecule has 0 radical (unpaired) electrons. The number of aromatic nitrogens is 1. The zero-order valence-electron chi connectivity index (χ0n) is 8.28. The molecule has 0 aromatic carbocycles. The quantitative estimate of drug-likeness (QED) is 0.684. The second kappa shape index (κ2) is 4.61. The number of likely N-dealkylation sites (N-methyl/N-ethyl adjacent to an activating group) is 1. The van der Waals surface area contributed by atoms with Gasteiger partial charge in [0.2, 0.25) is 0 Å². The second-order valence-electron chi connectivity index (χ2n) is 3.13. The molecule has 3 N–H and O–H groups in total. The zero-order valence-corrected chi connectivity index (χ0v) is 8.28. The summed E-state index contributed by atoms with van der Waals surface area (Å²) in [6.07, 6.45) is 1.24. The maximum atomic E-state index is 11.3. The molecule has 1 aromatic heterocycles. The van der Waals surface area contributed by atoms with Crippen LogP contribution in [0.4, 0.5) is 6.01 Å². The fourth-order valence-electron chi connectivity index (χ4n) is 0.876. The summed E-state index contributed by atoms with van der Waals surface area (Å²) in [5, 5.41) is 2.68. The minimum absolute atomic E-state index is 0.00256. The van der Waals surface area contributed by atoms with Gasteiger partial charge in [0, 0.05) is 13.1 Å². The Bertz CT molecular complexity index is 308. The van der Waals surface area contributed by atoms with Gasteiger partial charge in [0.25, 0.3) is 11.9 Å². The van der Waals surface area contributed by atoms with Gasteiger partial charge in [-0.2, -0.15) is 4.98 Å². The highest BCUT2D eigenvalue weighted by molar-refractivity contribution is 5.92. The van der Waals surface area contributed by atoms with E-state index in [-0.39, 0.29) is 17.6 Å². The van der Waals surface area contributed by atoms with E-state index in [1.807, 2.05) is 19.0 Å². The number of nitrogens with zero attached hydrogens (tertiary/aromatic N) is 2. The molecule has 0 aliphatic rings. The Morgan fingerprint density at radius 1 is 1.71 bits per heavy atom. The van der Waals surface area contributed by atoms with E-state index >= 15 is 0 Å². The summed E-state index contributed by atoms with van der Waals surface area (Å²) in [5.41, 5.74) is 5.44. The molecule has 78 valence electrons. The largest absolute Gasteiger partial charge is 0.431 e. The number of nitrogens with two attached hydrogens (primary N) is 1. The average Bonchev–Trinajstić information content (AvgIpc) is 2.51. The van der Waals surface area contributed by atoms with Gasteiger partial charge in [0.05, 0.1) is 0 Å². The van der Waals surface area contributed by atoms with E-state index < -0.39 is 0 Å². The molecule has 0 bridgehead atoms. The highest BCUT2D eigenvalue weighted by atomic mass is 16.4. The van der Waals surface area contributed by atoms with Gasteiger partial charge in [-0.25, -0.2) is 0 Å². The van der Waals surface area contributed by atoms with Crippen LogP contribution in [-0.4, -0.2) is 43.0 Å². The molecule has 0 atom stereocenters. The number of amides is 1. The third kappa shape index (κ3) is 3.06. The molecule has 0 unspecified atom stereocenters. The van der Waals surface area contributed by atoms with Gasteiger partial charge in [-0.05, 0) is 14.1 Å². The summed E-state index contributed by atoms with van der Waals surface area (Å²) in [6.45, 7) is 1.34. The molecule has 6 heteroatoms. The summed E-state index contributed by atoms with van der Waals surface area (Å²) in [4.78, 5) is 17.0. The fraction of sp³-hybridized carbons (Fsp3) is 0.500. The Kier molecular flexibility index (Phi) is 3.47. The molecule has 6 nitrogen and oxygen atoms in total. The zero-order chi connectivity index (χ0) is 10.6. The van der Waals surface area contributed by atoms with E-state index in [4.69, 9.17) is 10.2 Å². The lowest BCUT2D eigenvalue weighted by Crippen LogP contribution is -2.31. The van der Waals surface area contributed by atoms with Crippen LogP contribution in [0.15, 0.2) is 10.7 Å². The molecule has 1 heterocycles. The Balaban J connectivity index is 2.36. The molecule has 0 aliphatic carbocycles. The Hall–Kier alpha value is -1.56. The van der Waals surface area contributed by atoms with Crippen molar-refractivity contribution in [2.75, 3.05) is 32.9 Å². The summed E-state index contributed by atoms with van der Waals surface area (Å²) in [5.74, 6) is -0.271. The van der Waals surface area contributed by atoms with Crippen LogP contribution in [0.3, 0.4) is 0 Å². The van der Waals surface area contributed by atoms with Crippen molar-refractivity contribution in [1.29, 1.82) is 0 Å². The smallest absolute Gasteiger partial charge is 0.292 e. The lowest BCUT2D eigenvalue weighted by atomic mass is 10.4. The number of hydrogen-bond acceptors (Lipinski definition) is 5. The number of nitrogens with one attached hydrogen (secondary N) is 1. The van der Waals surface area contributed by atoms with Gasteiger partial charge < -0.3 is 20.4 Å². The van der Waals surface area contributed by atoms with Crippen LogP contribution in [0.1, 0.15) is 10.5 Å². The van der Waals surface area contributed by atoms with E-state index in [2.05, 4.69) is 10.3 Å². The highest BCUT2D eigenvalue weighted by Gasteiger charge is 2.09. The number of carbonyl (C=O) groups excluding carboxylic acids is 1. The maximum Gasteiger partial charge on any atom is 0.292 e. The van der Waals surface area contributed by atoms with Crippen molar-refractivity contribution >= 4 is 11.9 Å². The topological polar surface area (TPSA) is 84.4 Å². The van der Waals surface area contributed by atoms with Crippen LogP contribution >= 0.6 is 0 Å². The summed E-state index contributed by atoms with van der Waals surface area (Å²) in [6, 6.07) is 0.00256. The Morgan fingerprint density at radius 3 is 2.93 bits per heavy atom. The first kappa shape index (κ1) is 10.5. The number of nitrogen functional groups attached to an aromatic ring is 1. The molecule has 0 saturated carbocycles. The summed E-state index contributed by atoms with van der Waals surface area (Å²) < 4.78 is 4.71. The van der Waals surface area contributed by atoms with E-state index in [9.17, 15) is 4.79 Å². The van der Waals surface area contributed by atoms with Crippen molar-refractivity contribution in [3.63, 3.8) is 0 Å². The first-order valence-electron chi connectivity index (χ1n) is 4.23. The normalized spacial score (nSPS) is 10.5. The van der Waals surface area contributed by atoms with Gasteiger partial charge >= 0.3 is 0 Å². The van der Waals surface area contributed by atoms with Crippen molar-refractivity contribution in [2.24, 2.45) is 0 Å². The lowest BCUT2D eigenvalue weighted by Gasteiger charge is -2.08. The molecule has 1 aromatic rings. The van der Waals surface area contributed by atoms with Crippen molar-refractivity contribution in [1.82, 2.24) is 15.2 Å². The Labute approximate surface area is 82.1 Å². The van der Waals surface area contributed by atoms with Crippen molar-refractivity contribution in [3.05, 3.63) is 12.0 Å². The van der Waals surface area contributed by atoms with Crippen LogP contribution in [0, 0.1) is 0 Å². The van der Waals surface area contributed by atoms with E-state index in [1.165, 1.54) is 6.26 Å². The first-order valence-corrected chi connectivity index (χ1v) is 4.23. The number of carbonyl (C=O) groups is 1. The number of anilines is 1. The number of oxazole rings is 1. The van der Waals surface area contributed by atoms with Crippen LogP contribution in [0.5, 0.6) is 0 Å². The molecular weight excluding hydrogens is 184 g/mol. The third-order valence-corrected chi connectivity index (χ3v) is 1.60. The number of hydrogen-bond donors (Lipinski definition) is 2. The van der Waals surface area contributed by atoms with E-state index in [0.717, 1.165) is 6.54 Å². The summed E-state index contributed by atoms with van der Waals surface area (Å²) >= 11 is 0. The van der Waals surface area contributed by atoms with E-state index in [1.54, 1.807) is 0 Å². The van der Waals surface area contributed by atoms with Gasteiger partial charge in [0.1, 0.15) is 6.26 Å². The first-order chi connectivity index (χ1) is 6.59. The maximum absolute atomic E-state index is 11.3. The SMILES string of the molecule is CN(C)CCNC(=O)c1coc(N)n1. The van der Waals surface area contributed by atoms with Crippen LogP contribution in [-0.2, 0) is 0 Å². The third-order valence-electron chi connectivity index (χ3n) is 1.60. The monoisotopic (exact) mass is 198 g/mol. The minimum Gasteiger partial charge on any atom is -0.431 e. The lowest BCUT2D eigenvalue weighted by molar-refractivity contribution is 0.0946. The predicted octanol–water partition coefficient (Wildman–Crippen LogP) is -0.452. The predicted molar refractivity (Wildman–Crippen MR) is 51.8 cm³/mol. The van der Waals surface area contributed by atoms with Crippen molar-refractivity contribution < 1.29 is 9.21 Å². The molecule has 14 heavy (non-hydrogen) atoms. The molecular formula is C8H14N4O2. The fourth-order valence-corrected chi connectivity index (χ4v) is 0.876. The minimum atomic E-state index is -0.271. The average molecular weight is 198 g/mol. The van der Waals surface area contributed by atoms with Gasteiger partial charge in [0.15, 0.2) is 5.69 Å². The van der Waals surface area contributed by atoms with Gasteiger partial charge in [-0.1, -0.05) is 0 Å². The van der Waals surface area contributed by atoms with Gasteiger partial charge in [-0.3, -0.25) is 4.79 Å². The molecule has 0 fully saturated rings. The van der Waals surface area contributed by atoms with Crippen molar-refractivity contribution in [2.45, 2.75) is 0 Å². The number of rotatable bonds is 4. The van der Waals surface area contributed by atoms with Crippen LogP contribution in [0.2, 0.25) is 0 Å². The van der Waals surface area contributed by atoms with Crippen molar-refractivity contribution in [3.8, 4) is 0 Å². The van der Waals surface area contributed by atoms with Crippen LogP contribution in [0.25, 0.3) is 0 Å². The highest BCUT2D eigenvalue weighted by Crippen LogP contribution is 2.01. The second-order valence-corrected chi connectivity index (χ2v) is 3.13. The molecule has 1 rings (SSSR count). The molecule has 1 amide bonds.